The summed E-state index contributed by atoms with van der Waals surface area (Å²) in [5.74, 6) is 1.08. The molecule has 2 unspecified atom stereocenters. The third-order valence-electron chi connectivity index (χ3n) is 3.57. The predicted octanol–water partition coefficient (Wildman–Crippen LogP) is 4.61. The van der Waals surface area contributed by atoms with Crippen molar-refractivity contribution in [2.24, 2.45) is 5.92 Å². The van der Waals surface area contributed by atoms with Gasteiger partial charge in [-0.2, -0.15) is 0 Å². The molecule has 20 heavy (non-hydrogen) atoms. The Hall–Kier alpha value is -1.30. The first-order valence-electron chi connectivity index (χ1n) is 6.58. The van der Waals surface area contributed by atoms with Crippen molar-refractivity contribution in [1.82, 2.24) is 0 Å². The van der Waals surface area contributed by atoms with Gasteiger partial charge in [0.05, 0.1) is 12.6 Å². The van der Waals surface area contributed by atoms with Crippen LogP contribution in [0, 0.1) is 15.3 Å². The molecule has 0 saturated heterocycles. The van der Waals surface area contributed by atoms with Gasteiger partial charge < -0.3 is 10.1 Å². The summed E-state index contributed by atoms with van der Waals surface area (Å²) >= 11 is 2.16. The summed E-state index contributed by atoms with van der Waals surface area (Å²) in [7, 11) is 0. The van der Waals surface area contributed by atoms with Crippen molar-refractivity contribution in [3.63, 3.8) is 0 Å². The molecule has 0 bridgehead atoms. The van der Waals surface area contributed by atoms with Gasteiger partial charge in [0.1, 0.15) is 11.6 Å². The Balaban J connectivity index is 1.93. The maximum Gasteiger partial charge on any atom is 0.124 e. The van der Waals surface area contributed by atoms with E-state index in [0.29, 0.717) is 12.5 Å². The van der Waals surface area contributed by atoms with Crippen LogP contribution in [0.4, 0.5) is 10.1 Å². The van der Waals surface area contributed by atoms with Crippen molar-refractivity contribution in [1.29, 1.82) is 0 Å². The molecule has 2 aromatic carbocycles. The second kappa shape index (κ2) is 5.60. The molecule has 104 valence electrons. The Kier molecular flexibility index (Phi) is 3.83. The van der Waals surface area contributed by atoms with E-state index in [1.54, 1.807) is 12.1 Å². The zero-order valence-corrected chi connectivity index (χ0v) is 13.2. The number of anilines is 1. The van der Waals surface area contributed by atoms with Gasteiger partial charge in [-0.25, -0.2) is 4.39 Å². The van der Waals surface area contributed by atoms with Crippen molar-refractivity contribution in [3.05, 3.63) is 57.4 Å². The highest BCUT2D eigenvalue weighted by Gasteiger charge is 2.27. The van der Waals surface area contributed by atoms with Gasteiger partial charge in [0.15, 0.2) is 0 Å². The van der Waals surface area contributed by atoms with E-state index >= 15 is 0 Å². The highest BCUT2D eigenvalue weighted by Crippen LogP contribution is 2.38. The van der Waals surface area contributed by atoms with Crippen molar-refractivity contribution >= 4 is 28.3 Å². The van der Waals surface area contributed by atoms with Crippen LogP contribution in [0.1, 0.15) is 18.5 Å². The van der Waals surface area contributed by atoms with Crippen LogP contribution in [0.25, 0.3) is 0 Å². The molecule has 1 N–H and O–H groups in total. The van der Waals surface area contributed by atoms with Crippen LogP contribution in [-0.2, 0) is 0 Å². The number of halogens is 2. The number of ether oxygens (including phenoxy) is 1. The first-order valence-corrected chi connectivity index (χ1v) is 7.66. The molecule has 2 aromatic rings. The molecule has 0 aliphatic carbocycles. The van der Waals surface area contributed by atoms with Gasteiger partial charge in [0.25, 0.3) is 0 Å². The van der Waals surface area contributed by atoms with Gasteiger partial charge in [0, 0.05) is 20.7 Å². The van der Waals surface area contributed by atoms with Crippen LogP contribution in [0.15, 0.2) is 42.5 Å². The quantitative estimate of drug-likeness (QED) is 0.765. The van der Waals surface area contributed by atoms with Crippen molar-refractivity contribution in [2.75, 3.05) is 11.9 Å². The first-order chi connectivity index (χ1) is 9.65. The van der Waals surface area contributed by atoms with Crippen molar-refractivity contribution in [3.8, 4) is 5.75 Å². The smallest absolute Gasteiger partial charge is 0.124 e. The number of rotatable bonds is 2. The number of para-hydroxylation sites is 1. The Morgan fingerprint density at radius 2 is 2.05 bits per heavy atom. The maximum absolute atomic E-state index is 13.2. The average Bonchev–Trinajstić information content (AvgIpc) is 2.44. The lowest BCUT2D eigenvalue weighted by molar-refractivity contribution is 0.214. The molecule has 0 radical (unpaired) electrons. The van der Waals surface area contributed by atoms with Gasteiger partial charge in [0.2, 0.25) is 0 Å². The minimum Gasteiger partial charge on any atom is -0.493 e. The van der Waals surface area contributed by atoms with Gasteiger partial charge in [-0.3, -0.25) is 0 Å². The van der Waals surface area contributed by atoms with E-state index in [9.17, 15) is 4.39 Å². The molecular weight excluding hydrogens is 368 g/mol. The predicted molar refractivity (Wildman–Crippen MR) is 86.6 cm³/mol. The normalized spacial score (nSPS) is 20.9. The molecule has 1 heterocycles. The largest absolute Gasteiger partial charge is 0.493 e. The fraction of sp³-hybridized carbons (Fsp3) is 0.250. The topological polar surface area (TPSA) is 21.3 Å². The van der Waals surface area contributed by atoms with Gasteiger partial charge in [-0.05, 0) is 46.9 Å². The van der Waals surface area contributed by atoms with Crippen LogP contribution in [0.2, 0.25) is 0 Å². The molecule has 4 heteroatoms. The van der Waals surface area contributed by atoms with E-state index in [-0.39, 0.29) is 11.9 Å². The second-order valence-corrected chi connectivity index (χ2v) is 6.23. The van der Waals surface area contributed by atoms with E-state index < -0.39 is 0 Å². The minimum atomic E-state index is -0.208. The summed E-state index contributed by atoms with van der Waals surface area (Å²) in [4.78, 5) is 0. The highest BCUT2D eigenvalue weighted by molar-refractivity contribution is 14.1. The Labute approximate surface area is 131 Å². The average molecular weight is 383 g/mol. The SMILES string of the molecule is CC1COc2ccccc2C1Nc1ccc(F)cc1I. The van der Waals surface area contributed by atoms with Crippen LogP contribution in [-0.4, -0.2) is 6.61 Å². The van der Waals surface area contributed by atoms with E-state index in [1.165, 1.54) is 6.07 Å². The molecule has 2 atom stereocenters. The monoisotopic (exact) mass is 383 g/mol. The first kappa shape index (κ1) is 13.7. The molecule has 2 nitrogen and oxygen atoms in total. The van der Waals surface area contributed by atoms with Gasteiger partial charge in [-0.1, -0.05) is 25.1 Å². The van der Waals surface area contributed by atoms with Crippen LogP contribution >= 0.6 is 22.6 Å². The molecular formula is C16H15FINO. The Morgan fingerprint density at radius 3 is 2.85 bits per heavy atom. The number of hydrogen-bond donors (Lipinski definition) is 1. The Morgan fingerprint density at radius 1 is 1.25 bits per heavy atom. The second-order valence-electron chi connectivity index (χ2n) is 5.07. The Bertz CT molecular complexity index is 632. The molecule has 0 amide bonds. The number of fused-ring (bicyclic) bond motifs is 1. The summed E-state index contributed by atoms with van der Waals surface area (Å²) in [5.41, 5.74) is 2.12. The van der Waals surface area contributed by atoms with E-state index in [1.807, 2.05) is 18.2 Å². The lowest BCUT2D eigenvalue weighted by atomic mass is 9.92. The summed E-state index contributed by atoms with van der Waals surface area (Å²) in [6.07, 6.45) is 0. The van der Waals surface area contributed by atoms with E-state index in [4.69, 9.17) is 4.74 Å². The third-order valence-corrected chi connectivity index (χ3v) is 4.46. The van der Waals surface area contributed by atoms with Crippen molar-refractivity contribution in [2.45, 2.75) is 13.0 Å². The number of benzene rings is 2. The van der Waals surface area contributed by atoms with Gasteiger partial charge in [-0.15, -0.1) is 0 Å². The molecule has 1 aliphatic heterocycles. The third kappa shape index (κ3) is 2.61. The highest BCUT2D eigenvalue weighted by atomic mass is 127. The maximum atomic E-state index is 13.2. The number of nitrogens with one attached hydrogen (secondary N) is 1. The zero-order valence-electron chi connectivity index (χ0n) is 11.1. The van der Waals surface area contributed by atoms with Crippen LogP contribution < -0.4 is 10.1 Å². The summed E-state index contributed by atoms with van der Waals surface area (Å²) < 4.78 is 19.8. The van der Waals surface area contributed by atoms with Crippen LogP contribution in [0.3, 0.4) is 0 Å². The fourth-order valence-electron chi connectivity index (χ4n) is 2.49. The number of hydrogen-bond acceptors (Lipinski definition) is 2. The molecule has 1 aliphatic rings. The molecule has 3 rings (SSSR count). The van der Waals surface area contributed by atoms with Crippen molar-refractivity contribution < 1.29 is 9.13 Å². The lowest BCUT2D eigenvalue weighted by Crippen LogP contribution is -2.29. The van der Waals surface area contributed by atoms with E-state index in [0.717, 1.165) is 20.6 Å². The summed E-state index contributed by atoms with van der Waals surface area (Å²) in [5, 5.41) is 3.53. The summed E-state index contributed by atoms with van der Waals surface area (Å²) in [6, 6.07) is 13.1. The molecule has 0 saturated carbocycles. The molecule has 0 spiro atoms. The molecule has 0 fully saturated rings. The van der Waals surface area contributed by atoms with E-state index in [2.05, 4.69) is 40.9 Å². The molecule has 0 aromatic heterocycles. The van der Waals surface area contributed by atoms with Crippen LogP contribution in [0.5, 0.6) is 5.75 Å². The summed E-state index contributed by atoms with van der Waals surface area (Å²) in [6.45, 7) is 2.84. The standard InChI is InChI=1S/C16H15FINO/c1-10-9-20-15-5-3-2-4-12(15)16(10)19-14-7-6-11(17)8-13(14)18/h2-8,10,16,19H,9H2,1H3. The zero-order chi connectivity index (χ0) is 14.1. The lowest BCUT2D eigenvalue weighted by Gasteiger charge is -2.33. The minimum absolute atomic E-state index is 0.180. The fourth-order valence-corrected chi connectivity index (χ4v) is 3.12. The van der Waals surface area contributed by atoms with Gasteiger partial charge >= 0.3 is 0 Å².